The van der Waals surface area contributed by atoms with Crippen molar-refractivity contribution >= 4 is 23.4 Å². The zero-order valence-corrected chi connectivity index (χ0v) is 17.8. The lowest BCUT2D eigenvalue weighted by atomic mass is 10.2. The fourth-order valence-electron chi connectivity index (χ4n) is 2.72. The summed E-state index contributed by atoms with van der Waals surface area (Å²) in [6, 6.07) is 10.8. The summed E-state index contributed by atoms with van der Waals surface area (Å²) >= 11 is 1.15. The second-order valence-electron chi connectivity index (χ2n) is 6.55. The highest BCUT2D eigenvalue weighted by Crippen LogP contribution is 2.21. The third-order valence-electron chi connectivity index (χ3n) is 4.34. The van der Waals surface area contributed by atoms with Crippen LogP contribution in [-0.2, 0) is 24.4 Å². The summed E-state index contributed by atoms with van der Waals surface area (Å²) in [5.41, 5.74) is 1.14. The highest BCUT2D eigenvalue weighted by Gasteiger charge is 2.15. The van der Waals surface area contributed by atoms with Gasteiger partial charge in [0.25, 0.3) is 0 Å². The molecule has 0 bridgehead atoms. The minimum Gasteiger partial charge on any atom is -0.486 e. The third-order valence-corrected chi connectivity index (χ3v) is 5.31. The van der Waals surface area contributed by atoms with Gasteiger partial charge in [0.2, 0.25) is 5.91 Å². The number of rotatable bonds is 10. The molecule has 0 atom stereocenters. The van der Waals surface area contributed by atoms with Gasteiger partial charge in [-0.2, -0.15) is 0 Å². The van der Waals surface area contributed by atoms with Crippen LogP contribution in [-0.4, -0.2) is 26.4 Å². The predicted molar refractivity (Wildman–Crippen MR) is 116 cm³/mol. The summed E-state index contributed by atoms with van der Waals surface area (Å²) in [5.74, 6) is -0.700. The molecule has 0 spiro atoms. The number of hydrogen-bond donors (Lipinski definition) is 1. The fraction of sp³-hybridized carbons (Fsp3) is 0.227. The van der Waals surface area contributed by atoms with Gasteiger partial charge in [-0.05, 0) is 36.2 Å². The quantitative estimate of drug-likeness (QED) is 0.365. The molecule has 1 aromatic heterocycles. The molecule has 1 heterocycles. The van der Waals surface area contributed by atoms with Gasteiger partial charge < -0.3 is 10.1 Å². The maximum absolute atomic E-state index is 13.7. The van der Waals surface area contributed by atoms with Crippen molar-refractivity contribution in [2.75, 3.05) is 11.1 Å². The van der Waals surface area contributed by atoms with E-state index in [1.54, 1.807) is 10.6 Å². The summed E-state index contributed by atoms with van der Waals surface area (Å²) in [5, 5.41) is 11.2. The molecule has 0 saturated heterocycles. The molecule has 3 aromatic rings. The summed E-state index contributed by atoms with van der Waals surface area (Å²) in [6.07, 6.45) is 2.65. The van der Waals surface area contributed by atoms with E-state index in [1.807, 2.05) is 24.3 Å². The molecule has 6 nitrogen and oxygen atoms in total. The van der Waals surface area contributed by atoms with Gasteiger partial charge in [0.1, 0.15) is 24.0 Å². The number of aromatic nitrogens is 3. The molecule has 0 aliphatic rings. The Balaban J connectivity index is 1.61. The first-order chi connectivity index (χ1) is 15.0. The van der Waals surface area contributed by atoms with Crippen LogP contribution in [0.15, 0.2) is 60.3 Å². The largest absolute Gasteiger partial charge is 0.486 e. The number of aryl methyl sites for hydroxylation is 1. The molecule has 1 N–H and O–H groups in total. The number of ether oxygens (including phenoxy) is 1. The number of nitrogens with one attached hydrogen (secondary N) is 1. The number of halogens is 2. The van der Waals surface area contributed by atoms with Crippen molar-refractivity contribution in [3.63, 3.8) is 0 Å². The number of thioether (sulfide) groups is 1. The lowest BCUT2D eigenvalue weighted by molar-refractivity contribution is -0.113. The smallest absolute Gasteiger partial charge is 0.234 e. The second-order valence-corrected chi connectivity index (χ2v) is 7.49. The van der Waals surface area contributed by atoms with Gasteiger partial charge in [0.05, 0.1) is 11.4 Å². The molecule has 2 aromatic carbocycles. The highest BCUT2D eigenvalue weighted by atomic mass is 32.2. The van der Waals surface area contributed by atoms with Crippen LogP contribution in [0.5, 0.6) is 5.75 Å². The normalized spacial score (nSPS) is 10.7. The highest BCUT2D eigenvalue weighted by molar-refractivity contribution is 7.99. The van der Waals surface area contributed by atoms with Crippen LogP contribution >= 0.6 is 11.8 Å². The molecule has 0 saturated carbocycles. The zero-order valence-electron chi connectivity index (χ0n) is 17.0. The van der Waals surface area contributed by atoms with Crippen molar-refractivity contribution in [3.8, 4) is 5.75 Å². The molecule has 0 fully saturated rings. The van der Waals surface area contributed by atoms with Crippen molar-refractivity contribution in [2.45, 2.75) is 31.7 Å². The van der Waals surface area contributed by atoms with E-state index >= 15 is 0 Å². The average Bonchev–Trinajstić information content (AvgIpc) is 3.15. The summed E-state index contributed by atoms with van der Waals surface area (Å²) < 4.78 is 34.3. The molecule has 0 unspecified atom stereocenters. The number of hydrogen-bond acceptors (Lipinski definition) is 5. The predicted octanol–water partition coefficient (Wildman–Crippen LogP) is 4.61. The lowest BCUT2D eigenvalue weighted by Gasteiger charge is -2.10. The van der Waals surface area contributed by atoms with Gasteiger partial charge in [-0.3, -0.25) is 9.36 Å². The summed E-state index contributed by atoms with van der Waals surface area (Å²) in [4.78, 5) is 12.2. The molecule has 1 amide bonds. The van der Waals surface area contributed by atoms with Crippen LogP contribution in [0.4, 0.5) is 14.5 Å². The third kappa shape index (κ3) is 6.14. The molecular formula is C22H22F2N4O2S. The molecule has 0 aliphatic carbocycles. The van der Waals surface area contributed by atoms with E-state index in [4.69, 9.17) is 4.74 Å². The van der Waals surface area contributed by atoms with E-state index in [0.717, 1.165) is 30.0 Å². The van der Waals surface area contributed by atoms with Crippen molar-refractivity contribution in [2.24, 2.45) is 0 Å². The first-order valence-corrected chi connectivity index (χ1v) is 10.6. The monoisotopic (exact) mass is 444 g/mol. The summed E-state index contributed by atoms with van der Waals surface area (Å²) in [7, 11) is 0. The number of benzene rings is 2. The minimum atomic E-state index is -0.834. The number of carbonyl (C=O) groups is 1. The van der Waals surface area contributed by atoms with E-state index in [2.05, 4.69) is 29.0 Å². The minimum absolute atomic E-state index is 0.0224. The Labute approximate surface area is 183 Å². The number of nitrogens with zero attached hydrogens (tertiary/aromatic N) is 3. The number of carbonyl (C=O) groups excluding carboxylic acids is 1. The van der Waals surface area contributed by atoms with E-state index in [9.17, 15) is 13.6 Å². The van der Waals surface area contributed by atoms with Gasteiger partial charge in [-0.15, -0.1) is 16.8 Å². The second kappa shape index (κ2) is 10.7. The Morgan fingerprint density at radius 1 is 1.23 bits per heavy atom. The van der Waals surface area contributed by atoms with Gasteiger partial charge >= 0.3 is 0 Å². The molecule has 9 heteroatoms. The van der Waals surface area contributed by atoms with Crippen LogP contribution in [0.25, 0.3) is 0 Å². The average molecular weight is 445 g/mol. The van der Waals surface area contributed by atoms with Crippen LogP contribution in [0.1, 0.15) is 18.3 Å². The molecule has 162 valence electrons. The van der Waals surface area contributed by atoms with E-state index in [0.29, 0.717) is 23.6 Å². The fourth-order valence-corrected chi connectivity index (χ4v) is 3.49. The van der Waals surface area contributed by atoms with Crippen LogP contribution < -0.4 is 10.1 Å². The van der Waals surface area contributed by atoms with Crippen LogP contribution in [0.3, 0.4) is 0 Å². The standard InChI is InChI=1S/C22H22F2N4O2S/c1-3-11-28-20(13-30-17-8-5-15(4-2)6-9-17)26-27-22(28)31-14-21(29)25-19-10-7-16(23)12-18(19)24/h3,5-10,12H,1,4,11,13-14H2,2H3,(H,25,29). The van der Waals surface area contributed by atoms with Crippen LogP contribution in [0, 0.1) is 11.6 Å². The van der Waals surface area contributed by atoms with Crippen molar-refractivity contribution in [3.05, 3.63) is 78.1 Å². The first kappa shape index (κ1) is 22.5. The molecule has 0 radical (unpaired) electrons. The topological polar surface area (TPSA) is 69.0 Å². The Morgan fingerprint density at radius 2 is 2.00 bits per heavy atom. The molecular weight excluding hydrogens is 422 g/mol. The van der Waals surface area contributed by atoms with Gasteiger partial charge in [-0.25, -0.2) is 8.78 Å². The number of amides is 1. The number of anilines is 1. The Bertz CT molecular complexity index is 1050. The van der Waals surface area contributed by atoms with Crippen molar-refractivity contribution in [1.29, 1.82) is 0 Å². The zero-order chi connectivity index (χ0) is 22.2. The van der Waals surface area contributed by atoms with Crippen molar-refractivity contribution in [1.82, 2.24) is 14.8 Å². The summed E-state index contributed by atoms with van der Waals surface area (Å²) in [6.45, 7) is 6.48. The van der Waals surface area contributed by atoms with Gasteiger partial charge in [0, 0.05) is 12.6 Å². The maximum Gasteiger partial charge on any atom is 0.234 e. The van der Waals surface area contributed by atoms with Crippen molar-refractivity contribution < 1.29 is 18.3 Å². The molecule has 0 aliphatic heterocycles. The Kier molecular flexibility index (Phi) is 7.77. The number of allylic oxidation sites excluding steroid dienone is 1. The van der Waals surface area contributed by atoms with Gasteiger partial charge in [-0.1, -0.05) is 36.9 Å². The molecule has 3 rings (SSSR count). The Morgan fingerprint density at radius 3 is 2.68 bits per heavy atom. The van der Waals surface area contributed by atoms with E-state index < -0.39 is 17.5 Å². The van der Waals surface area contributed by atoms with Crippen LogP contribution in [0.2, 0.25) is 0 Å². The van der Waals surface area contributed by atoms with Gasteiger partial charge in [0.15, 0.2) is 11.0 Å². The Hall–Kier alpha value is -3.20. The van der Waals surface area contributed by atoms with E-state index in [-0.39, 0.29) is 18.0 Å². The lowest BCUT2D eigenvalue weighted by Crippen LogP contribution is -2.16. The molecule has 31 heavy (non-hydrogen) atoms. The maximum atomic E-state index is 13.7. The SMILES string of the molecule is C=CCn1c(COc2ccc(CC)cc2)nnc1SCC(=O)Nc1ccc(F)cc1F. The first-order valence-electron chi connectivity index (χ1n) is 9.62. The van der Waals surface area contributed by atoms with E-state index in [1.165, 1.54) is 11.6 Å².